The standard InChI is InChI=1S/C9H15NO5S/c1-4-14-9(15-5-2)8(11)7(6-10)16(3,12)13/h7,9H,4-5H2,1-3H3. The van der Waals surface area contributed by atoms with Crippen LogP contribution in [0.5, 0.6) is 0 Å². The molecule has 0 saturated carbocycles. The zero-order valence-corrected chi connectivity index (χ0v) is 10.3. The number of carbonyl (C=O) groups is 1. The molecule has 0 saturated heterocycles. The van der Waals surface area contributed by atoms with Gasteiger partial charge >= 0.3 is 0 Å². The molecule has 0 aliphatic heterocycles. The van der Waals surface area contributed by atoms with Gasteiger partial charge in [0.2, 0.25) is 17.3 Å². The molecule has 16 heavy (non-hydrogen) atoms. The van der Waals surface area contributed by atoms with Crippen LogP contribution in [-0.4, -0.2) is 45.2 Å². The number of hydrogen-bond donors (Lipinski definition) is 0. The summed E-state index contributed by atoms with van der Waals surface area (Å²) in [4.78, 5) is 11.6. The van der Waals surface area contributed by atoms with Gasteiger partial charge in [0.25, 0.3) is 0 Å². The highest BCUT2D eigenvalue weighted by molar-refractivity contribution is 7.92. The highest BCUT2D eigenvalue weighted by atomic mass is 32.2. The number of ketones is 1. The maximum absolute atomic E-state index is 11.6. The molecule has 92 valence electrons. The summed E-state index contributed by atoms with van der Waals surface area (Å²) in [5.74, 6) is -0.881. The minimum atomic E-state index is -3.77. The van der Waals surface area contributed by atoms with Crippen molar-refractivity contribution in [1.29, 1.82) is 5.26 Å². The predicted octanol–water partition coefficient (Wildman–Crippen LogP) is -0.109. The van der Waals surface area contributed by atoms with E-state index in [1.54, 1.807) is 13.8 Å². The molecule has 0 aromatic rings. The lowest BCUT2D eigenvalue weighted by Gasteiger charge is -2.17. The van der Waals surface area contributed by atoms with Crippen LogP contribution < -0.4 is 0 Å². The molecule has 0 spiro atoms. The highest BCUT2D eigenvalue weighted by Crippen LogP contribution is 2.07. The SMILES string of the molecule is CCOC(OCC)C(=O)C(C#N)S(C)(=O)=O. The van der Waals surface area contributed by atoms with Crippen molar-refractivity contribution < 1.29 is 22.7 Å². The van der Waals surface area contributed by atoms with E-state index in [-0.39, 0.29) is 13.2 Å². The fraction of sp³-hybridized carbons (Fsp3) is 0.778. The average molecular weight is 249 g/mol. The van der Waals surface area contributed by atoms with Gasteiger partial charge in [-0.2, -0.15) is 5.26 Å². The fourth-order valence-electron chi connectivity index (χ4n) is 1.01. The number of sulfone groups is 1. The second-order valence-corrected chi connectivity index (χ2v) is 5.11. The molecular weight excluding hydrogens is 234 g/mol. The molecule has 0 heterocycles. The topological polar surface area (TPSA) is 93.5 Å². The second-order valence-electron chi connectivity index (χ2n) is 2.98. The first-order valence-corrected chi connectivity index (χ1v) is 6.69. The Bertz CT molecular complexity index is 364. The minimum absolute atomic E-state index is 0.193. The summed E-state index contributed by atoms with van der Waals surface area (Å²) in [5.41, 5.74) is 0. The van der Waals surface area contributed by atoms with Crippen LogP contribution in [0.4, 0.5) is 0 Å². The lowest BCUT2D eigenvalue weighted by atomic mass is 10.3. The Labute approximate surface area is 95.1 Å². The molecule has 0 radical (unpaired) electrons. The van der Waals surface area contributed by atoms with Crippen LogP contribution in [0.25, 0.3) is 0 Å². The van der Waals surface area contributed by atoms with Crippen LogP contribution >= 0.6 is 0 Å². The summed E-state index contributed by atoms with van der Waals surface area (Å²) in [6.07, 6.45) is -0.470. The van der Waals surface area contributed by atoms with Crippen molar-refractivity contribution in [3.05, 3.63) is 0 Å². The van der Waals surface area contributed by atoms with Gasteiger partial charge in [0.15, 0.2) is 9.84 Å². The lowest BCUT2D eigenvalue weighted by molar-refractivity contribution is -0.166. The van der Waals surface area contributed by atoms with Crippen molar-refractivity contribution in [3.8, 4) is 6.07 Å². The molecule has 6 nitrogen and oxygen atoms in total. The maximum Gasteiger partial charge on any atom is 0.221 e. The monoisotopic (exact) mass is 249 g/mol. The molecule has 1 unspecified atom stereocenters. The predicted molar refractivity (Wildman–Crippen MR) is 56.3 cm³/mol. The average Bonchev–Trinajstić information content (AvgIpc) is 2.16. The van der Waals surface area contributed by atoms with Crippen molar-refractivity contribution in [3.63, 3.8) is 0 Å². The normalized spacial score (nSPS) is 13.4. The van der Waals surface area contributed by atoms with E-state index < -0.39 is 27.2 Å². The summed E-state index contributed by atoms with van der Waals surface area (Å²) in [7, 11) is -3.77. The van der Waals surface area contributed by atoms with Crippen LogP contribution in [0.1, 0.15) is 13.8 Å². The molecule has 0 aromatic heterocycles. The number of carbonyl (C=O) groups excluding carboxylic acids is 1. The van der Waals surface area contributed by atoms with Crippen LogP contribution in [0.3, 0.4) is 0 Å². The lowest BCUT2D eigenvalue weighted by Crippen LogP contribution is -2.39. The van der Waals surface area contributed by atoms with Gasteiger partial charge in [0, 0.05) is 19.5 Å². The third kappa shape index (κ3) is 4.26. The number of ether oxygens (including phenoxy) is 2. The summed E-state index contributed by atoms with van der Waals surface area (Å²) < 4.78 is 32.2. The zero-order chi connectivity index (χ0) is 12.8. The quantitative estimate of drug-likeness (QED) is 0.584. The zero-order valence-electron chi connectivity index (χ0n) is 9.47. The summed E-state index contributed by atoms with van der Waals surface area (Å²) >= 11 is 0. The molecule has 0 amide bonds. The Morgan fingerprint density at radius 1 is 1.31 bits per heavy atom. The van der Waals surface area contributed by atoms with E-state index in [1.807, 2.05) is 0 Å². The Morgan fingerprint density at radius 3 is 2.00 bits per heavy atom. The largest absolute Gasteiger partial charge is 0.346 e. The maximum atomic E-state index is 11.6. The van der Waals surface area contributed by atoms with Crippen molar-refractivity contribution in [2.75, 3.05) is 19.5 Å². The first-order valence-electron chi connectivity index (χ1n) is 4.73. The molecule has 0 aliphatic rings. The van der Waals surface area contributed by atoms with Gasteiger partial charge in [-0.15, -0.1) is 0 Å². The highest BCUT2D eigenvalue weighted by Gasteiger charge is 2.35. The third-order valence-corrected chi connectivity index (χ3v) is 2.87. The third-order valence-electron chi connectivity index (χ3n) is 1.67. The summed E-state index contributed by atoms with van der Waals surface area (Å²) in [6.45, 7) is 3.67. The molecule has 0 fully saturated rings. The van der Waals surface area contributed by atoms with Gasteiger partial charge in [0.1, 0.15) is 0 Å². The van der Waals surface area contributed by atoms with Gasteiger partial charge in [-0.05, 0) is 13.8 Å². The molecule has 1 atom stereocenters. The van der Waals surface area contributed by atoms with Gasteiger partial charge in [-0.1, -0.05) is 0 Å². The molecule has 7 heteroatoms. The van der Waals surface area contributed by atoms with Gasteiger partial charge in [0.05, 0.1) is 6.07 Å². The van der Waals surface area contributed by atoms with E-state index in [4.69, 9.17) is 14.7 Å². The Hall–Kier alpha value is -0.970. The Balaban J connectivity index is 4.91. The fourth-order valence-corrected chi connectivity index (χ4v) is 1.73. The molecule has 0 aliphatic carbocycles. The van der Waals surface area contributed by atoms with E-state index in [2.05, 4.69) is 0 Å². The summed E-state index contributed by atoms with van der Waals surface area (Å²) in [5, 5.41) is 6.92. The second kappa shape index (κ2) is 6.58. The van der Waals surface area contributed by atoms with Crippen LogP contribution in [-0.2, 0) is 24.1 Å². The first-order chi connectivity index (χ1) is 7.38. The minimum Gasteiger partial charge on any atom is -0.346 e. The van der Waals surface area contributed by atoms with Crippen LogP contribution in [0.2, 0.25) is 0 Å². The number of nitrogens with zero attached hydrogens (tertiary/aromatic N) is 1. The van der Waals surface area contributed by atoms with E-state index in [1.165, 1.54) is 6.07 Å². The molecule has 0 N–H and O–H groups in total. The number of hydrogen-bond acceptors (Lipinski definition) is 6. The first kappa shape index (κ1) is 15.0. The van der Waals surface area contributed by atoms with E-state index >= 15 is 0 Å². The summed E-state index contributed by atoms with van der Waals surface area (Å²) in [6, 6.07) is 1.44. The number of nitriles is 1. The van der Waals surface area contributed by atoms with Gasteiger partial charge < -0.3 is 9.47 Å². The molecule has 0 rings (SSSR count). The van der Waals surface area contributed by atoms with Crippen LogP contribution in [0.15, 0.2) is 0 Å². The van der Waals surface area contributed by atoms with Crippen molar-refractivity contribution in [2.45, 2.75) is 25.4 Å². The van der Waals surface area contributed by atoms with Crippen LogP contribution in [0, 0.1) is 11.3 Å². The van der Waals surface area contributed by atoms with Crippen molar-refractivity contribution in [1.82, 2.24) is 0 Å². The van der Waals surface area contributed by atoms with Gasteiger partial charge in [-0.3, -0.25) is 4.79 Å². The van der Waals surface area contributed by atoms with Crippen molar-refractivity contribution >= 4 is 15.6 Å². The van der Waals surface area contributed by atoms with Crippen molar-refractivity contribution in [2.24, 2.45) is 0 Å². The smallest absolute Gasteiger partial charge is 0.221 e. The number of rotatable bonds is 7. The molecule has 0 bridgehead atoms. The van der Waals surface area contributed by atoms with E-state index in [0.717, 1.165) is 6.26 Å². The van der Waals surface area contributed by atoms with E-state index in [0.29, 0.717) is 0 Å². The van der Waals surface area contributed by atoms with E-state index in [9.17, 15) is 13.2 Å². The number of Topliss-reactive ketones (excluding diaryl/α,β-unsaturated/α-hetero) is 1. The molecular formula is C9H15NO5S. The molecule has 0 aromatic carbocycles. The van der Waals surface area contributed by atoms with Gasteiger partial charge in [-0.25, -0.2) is 8.42 Å². The Morgan fingerprint density at radius 2 is 1.75 bits per heavy atom. The Kier molecular flexibility index (Phi) is 6.18.